The number of hydrogen-bond donors (Lipinski definition) is 3. The summed E-state index contributed by atoms with van der Waals surface area (Å²) in [5, 5.41) is 18.9. The van der Waals surface area contributed by atoms with Crippen LogP contribution in [0.25, 0.3) is 0 Å². The molecule has 2 unspecified atom stereocenters. The van der Waals surface area contributed by atoms with Gasteiger partial charge in [0.2, 0.25) is 0 Å². The number of fused-ring (bicyclic) bond motifs is 1. The molecule has 19 heavy (non-hydrogen) atoms. The first-order chi connectivity index (χ1) is 9.02. The van der Waals surface area contributed by atoms with E-state index in [9.17, 15) is 9.59 Å². The molecule has 0 aromatic carbocycles. The molecular formula is C12H18N2O5. The topological polar surface area (TPSA) is 108 Å². The Morgan fingerprint density at radius 1 is 1.26 bits per heavy atom. The summed E-state index contributed by atoms with van der Waals surface area (Å²) in [7, 11) is 1.76. The summed E-state index contributed by atoms with van der Waals surface area (Å²) >= 11 is 0. The van der Waals surface area contributed by atoms with Gasteiger partial charge in [-0.1, -0.05) is 6.42 Å². The van der Waals surface area contributed by atoms with Gasteiger partial charge < -0.3 is 20.3 Å². The van der Waals surface area contributed by atoms with Gasteiger partial charge in [0.15, 0.2) is 0 Å². The normalized spacial score (nSPS) is 26.9. The van der Waals surface area contributed by atoms with Crippen LogP contribution in [-0.2, 0) is 14.3 Å². The van der Waals surface area contributed by atoms with E-state index in [0.29, 0.717) is 24.3 Å². The van der Waals surface area contributed by atoms with Gasteiger partial charge in [0.05, 0.1) is 6.04 Å². The molecule has 0 radical (unpaired) electrons. The molecule has 1 saturated carbocycles. The van der Waals surface area contributed by atoms with E-state index >= 15 is 0 Å². The number of carboxylic acids is 2. The molecule has 3 N–H and O–H groups in total. The zero-order valence-electron chi connectivity index (χ0n) is 10.7. The average molecular weight is 270 g/mol. The maximum atomic E-state index is 9.55. The maximum absolute atomic E-state index is 9.55. The van der Waals surface area contributed by atoms with Gasteiger partial charge in [-0.15, -0.1) is 0 Å². The predicted molar refractivity (Wildman–Crippen MR) is 68.0 cm³/mol. The summed E-state index contributed by atoms with van der Waals surface area (Å²) in [6, 6.07) is 1.28. The van der Waals surface area contributed by atoms with Gasteiger partial charge in [-0.05, 0) is 19.3 Å². The van der Waals surface area contributed by atoms with Crippen LogP contribution in [0.2, 0.25) is 0 Å². The third-order valence-corrected chi connectivity index (χ3v) is 2.85. The molecule has 2 fully saturated rings. The van der Waals surface area contributed by atoms with Crippen LogP contribution in [0.3, 0.4) is 0 Å². The molecule has 0 amide bonds. The lowest BCUT2D eigenvalue weighted by atomic mass is 9.93. The minimum atomic E-state index is -1.26. The van der Waals surface area contributed by atoms with Crippen molar-refractivity contribution >= 4 is 18.0 Å². The maximum Gasteiger partial charge on any atom is 0.328 e. The number of rotatable bonds is 2. The van der Waals surface area contributed by atoms with E-state index in [2.05, 4.69) is 10.3 Å². The Morgan fingerprint density at radius 2 is 1.84 bits per heavy atom. The van der Waals surface area contributed by atoms with Crippen molar-refractivity contribution in [2.75, 3.05) is 7.05 Å². The van der Waals surface area contributed by atoms with Crippen LogP contribution in [-0.4, -0.2) is 47.4 Å². The summed E-state index contributed by atoms with van der Waals surface area (Å²) < 4.78 is 5.55. The first-order valence-corrected chi connectivity index (χ1v) is 6.07. The van der Waals surface area contributed by atoms with Crippen LogP contribution in [0.4, 0.5) is 0 Å². The van der Waals surface area contributed by atoms with Crippen LogP contribution < -0.4 is 5.32 Å². The van der Waals surface area contributed by atoms with Crippen molar-refractivity contribution in [1.29, 1.82) is 0 Å². The van der Waals surface area contributed by atoms with Gasteiger partial charge in [0.1, 0.15) is 6.10 Å². The summed E-state index contributed by atoms with van der Waals surface area (Å²) in [5.74, 6) is -2.51. The number of aliphatic carboxylic acids is 2. The third kappa shape index (κ3) is 5.41. The molecule has 1 aliphatic heterocycles. The van der Waals surface area contributed by atoms with E-state index in [0.717, 1.165) is 6.02 Å². The standard InChI is InChI=1S/C8H14N2O.C4H4O4/c1-9-8-10-6-4-2-3-5-7(6)11-8;5-3(6)1-2-4(7)8/h6-7H,2-5H2,1H3,(H,9,10);1-2H,(H,5,6)(H,7,8)/b;2-1+. The fourth-order valence-electron chi connectivity index (χ4n) is 2.00. The van der Waals surface area contributed by atoms with Crippen molar-refractivity contribution in [2.24, 2.45) is 4.99 Å². The summed E-state index contributed by atoms with van der Waals surface area (Å²) in [6.07, 6.45) is 6.59. The Bertz CT molecular complexity index is 360. The molecule has 106 valence electrons. The molecule has 0 bridgehead atoms. The number of carboxylic acid groups (broad SMARTS) is 2. The number of amidine groups is 1. The molecule has 2 rings (SSSR count). The van der Waals surface area contributed by atoms with Crippen molar-refractivity contribution in [3.63, 3.8) is 0 Å². The highest BCUT2D eigenvalue weighted by Gasteiger charge is 2.33. The van der Waals surface area contributed by atoms with Crippen molar-refractivity contribution in [3.05, 3.63) is 12.2 Å². The van der Waals surface area contributed by atoms with Crippen molar-refractivity contribution in [2.45, 2.75) is 37.8 Å². The fraction of sp³-hybridized carbons (Fsp3) is 0.583. The smallest absolute Gasteiger partial charge is 0.328 e. The molecule has 1 heterocycles. The molecule has 0 aromatic rings. The second-order valence-electron chi connectivity index (χ2n) is 4.23. The molecule has 0 spiro atoms. The molecule has 2 atom stereocenters. The van der Waals surface area contributed by atoms with Gasteiger partial charge in [0.25, 0.3) is 6.02 Å². The Balaban J connectivity index is 0.000000203. The average Bonchev–Trinajstić information content (AvgIpc) is 2.80. The van der Waals surface area contributed by atoms with Crippen molar-refractivity contribution < 1.29 is 24.5 Å². The molecule has 1 aliphatic carbocycles. The van der Waals surface area contributed by atoms with Crippen molar-refractivity contribution in [3.8, 4) is 0 Å². The first kappa shape index (κ1) is 15.0. The second kappa shape index (κ2) is 7.40. The number of aliphatic imine (C=N–C) groups is 1. The minimum absolute atomic E-state index is 0.405. The largest absolute Gasteiger partial charge is 0.478 e. The predicted octanol–water partition coefficient (Wildman–Crippen LogP) is 0.615. The van der Waals surface area contributed by atoms with Gasteiger partial charge in [-0.2, -0.15) is 0 Å². The third-order valence-electron chi connectivity index (χ3n) is 2.85. The van der Waals surface area contributed by atoms with Gasteiger partial charge in [-0.3, -0.25) is 0 Å². The monoisotopic (exact) mass is 270 g/mol. The molecule has 7 nitrogen and oxygen atoms in total. The lowest BCUT2D eigenvalue weighted by Crippen LogP contribution is -2.34. The Hall–Kier alpha value is -2.05. The number of nitrogens with zero attached hydrogens (tertiary/aromatic N) is 1. The zero-order valence-corrected chi connectivity index (χ0v) is 10.7. The van der Waals surface area contributed by atoms with Crippen LogP contribution in [0.1, 0.15) is 25.7 Å². The van der Waals surface area contributed by atoms with Crippen LogP contribution in [0, 0.1) is 0 Å². The van der Waals surface area contributed by atoms with E-state index in [1.807, 2.05) is 0 Å². The lowest BCUT2D eigenvalue weighted by molar-refractivity contribution is -0.134. The van der Waals surface area contributed by atoms with Gasteiger partial charge in [0, 0.05) is 19.2 Å². The van der Waals surface area contributed by atoms with E-state index in [4.69, 9.17) is 14.9 Å². The lowest BCUT2D eigenvalue weighted by Gasteiger charge is -2.21. The second-order valence-corrected chi connectivity index (χ2v) is 4.23. The van der Waals surface area contributed by atoms with Gasteiger partial charge >= 0.3 is 11.9 Å². The van der Waals surface area contributed by atoms with Gasteiger partial charge in [-0.25, -0.2) is 14.6 Å². The SMILES string of the molecule is CN=C1NC2CCCCC2O1.O=C(O)/C=C/C(=O)O. The number of carbonyl (C=O) groups is 2. The number of ether oxygens (including phenoxy) is 1. The van der Waals surface area contributed by atoms with E-state index in [-0.39, 0.29) is 0 Å². The van der Waals surface area contributed by atoms with Crippen molar-refractivity contribution in [1.82, 2.24) is 5.32 Å². The summed E-state index contributed by atoms with van der Waals surface area (Å²) in [6.45, 7) is 0. The fourth-order valence-corrected chi connectivity index (χ4v) is 2.00. The van der Waals surface area contributed by atoms with E-state index in [1.54, 1.807) is 7.05 Å². The minimum Gasteiger partial charge on any atom is -0.478 e. The molecular weight excluding hydrogens is 252 g/mol. The zero-order chi connectivity index (χ0) is 14.3. The van der Waals surface area contributed by atoms with Crippen LogP contribution in [0.15, 0.2) is 17.1 Å². The van der Waals surface area contributed by atoms with E-state index < -0.39 is 11.9 Å². The van der Waals surface area contributed by atoms with Crippen LogP contribution in [0.5, 0.6) is 0 Å². The number of hydrogen-bond acceptors (Lipinski definition) is 4. The molecule has 2 aliphatic rings. The number of nitrogens with one attached hydrogen (secondary N) is 1. The highest BCUT2D eigenvalue weighted by Crippen LogP contribution is 2.24. The quantitative estimate of drug-likeness (QED) is 0.635. The first-order valence-electron chi connectivity index (χ1n) is 6.07. The molecule has 1 saturated heterocycles. The summed E-state index contributed by atoms with van der Waals surface area (Å²) in [4.78, 5) is 23.1. The Labute approximate surface area is 111 Å². The highest BCUT2D eigenvalue weighted by molar-refractivity contribution is 5.89. The highest BCUT2D eigenvalue weighted by atomic mass is 16.5. The Kier molecular flexibility index (Phi) is 5.84. The summed E-state index contributed by atoms with van der Waals surface area (Å²) in [5.41, 5.74) is 0. The Morgan fingerprint density at radius 3 is 2.32 bits per heavy atom. The van der Waals surface area contributed by atoms with E-state index in [1.165, 1.54) is 25.7 Å². The molecule has 7 heteroatoms. The molecule has 0 aromatic heterocycles. The van der Waals surface area contributed by atoms with Crippen LogP contribution >= 0.6 is 0 Å².